The Morgan fingerprint density at radius 3 is 2.50 bits per heavy atom. The van der Waals surface area contributed by atoms with Gasteiger partial charge < -0.3 is 15.4 Å². The van der Waals surface area contributed by atoms with Crippen LogP contribution in [0.5, 0.6) is 0 Å². The van der Waals surface area contributed by atoms with Crippen LogP contribution in [0.1, 0.15) is 5.56 Å². The van der Waals surface area contributed by atoms with Crippen LogP contribution < -0.4 is 10.9 Å². The highest BCUT2D eigenvalue weighted by Crippen LogP contribution is 2.29. The average Bonchev–Trinajstić information content (AvgIpc) is 2.63. The van der Waals surface area contributed by atoms with Crippen LogP contribution in [0.3, 0.4) is 0 Å². The first-order valence-corrected chi connectivity index (χ1v) is 8.09. The number of rotatable bonds is 4. The molecular formula is C20H15N3O3. The summed E-state index contributed by atoms with van der Waals surface area (Å²) in [4.78, 5) is 30.1. The number of aliphatic carboxylic acids is 1. The Morgan fingerprint density at radius 2 is 1.77 bits per heavy atom. The number of nitrogens with zero attached hydrogens (tertiary/aromatic N) is 1. The number of fused-ring (bicyclic) bond motifs is 3. The van der Waals surface area contributed by atoms with Crippen LogP contribution in [0.25, 0.3) is 21.8 Å². The lowest BCUT2D eigenvalue weighted by Gasteiger charge is -2.11. The number of hydrogen-bond acceptors (Lipinski definition) is 4. The molecule has 0 spiro atoms. The van der Waals surface area contributed by atoms with Gasteiger partial charge in [0.25, 0.3) is 5.56 Å². The van der Waals surface area contributed by atoms with Gasteiger partial charge in [0, 0.05) is 28.0 Å². The largest absolute Gasteiger partial charge is 0.481 e. The summed E-state index contributed by atoms with van der Waals surface area (Å²) in [5.74, 6) is -0.860. The van der Waals surface area contributed by atoms with Crippen molar-refractivity contribution in [3.63, 3.8) is 0 Å². The number of hydrogen-bond donors (Lipinski definition) is 3. The maximum atomic E-state index is 12.2. The second-order valence-corrected chi connectivity index (χ2v) is 5.97. The summed E-state index contributed by atoms with van der Waals surface area (Å²) in [7, 11) is 0. The van der Waals surface area contributed by atoms with Crippen LogP contribution in [0.15, 0.2) is 65.6 Å². The first-order valence-electron chi connectivity index (χ1n) is 8.09. The first kappa shape index (κ1) is 15.8. The number of pyridine rings is 2. The number of carboxylic acid groups (broad SMARTS) is 1. The highest BCUT2D eigenvalue weighted by atomic mass is 16.4. The van der Waals surface area contributed by atoms with Gasteiger partial charge in [-0.15, -0.1) is 0 Å². The summed E-state index contributed by atoms with van der Waals surface area (Å²) in [6.07, 6.45) is 1.62. The lowest BCUT2D eigenvalue weighted by molar-refractivity contribution is -0.136. The molecule has 0 aliphatic rings. The molecule has 128 valence electrons. The Kier molecular flexibility index (Phi) is 3.85. The molecule has 3 N–H and O–H groups in total. The van der Waals surface area contributed by atoms with Gasteiger partial charge in [0.05, 0.1) is 12.1 Å². The van der Waals surface area contributed by atoms with Gasteiger partial charge in [-0.25, -0.2) is 4.98 Å². The Hall–Kier alpha value is -3.67. The number of H-pyrrole nitrogens is 1. The Labute approximate surface area is 148 Å². The molecule has 6 nitrogen and oxygen atoms in total. The van der Waals surface area contributed by atoms with E-state index in [9.17, 15) is 9.59 Å². The topological polar surface area (TPSA) is 95.1 Å². The highest BCUT2D eigenvalue weighted by molar-refractivity contribution is 6.10. The van der Waals surface area contributed by atoms with E-state index >= 15 is 0 Å². The molecule has 4 aromatic rings. The highest BCUT2D eigenvalue weighted by Gasteiger charge is 2.10. The van der Waals surface area contributed by atoms with Crippen LogP contribution in [-0.2, 0) is 11.2 Å². The van der Waals surface area contributed by atoms with Gasteiger partial charge in [0.15, 0.2) is 0 Å². The molecule has 0 aliphatic heterocycles. The van der Waals surface area contributed by atoms with Crippen molar-refractivity contribution in [2.45, 2.75) is 6.42 Å². The number of nitrogens with one attached hydrogen (secondary N) is 2. The molecule has 0 atom stereocenters. The molecule has 0 bridgehead atoms. The van der Waals surface area contributed by atoms with Crippen molar-refractivity contribution in [2.75, 3.05) is 5.32 Å². The van der Waals surface area contributed by atoms with Crippen molar-refractivity contribution in [1.82, 2.24) is 9.97 Å². The number of aromatic amines is 1. The van der Waals surface area contributed by atoms with Crippen LogP contribution in [0, 0.1) is 0 Å². The third-order valence-electron chi connectivity index (χ3n) is 4.21. The van der Waals surface area contributed by atoms with Crippen molar-refractivity contribution in [1.29, 1.82) is 0 Å². The normalized spacial score (nSPS) is 10.9. The van der Waals surface area contributed by atoms with Crippen LogP contribution in [0.4, 0.5) is 11.4 Å². The monoisotopic (exact) mass is 345 g/mol. The summed E-state index contributed by atoms with van der Waals surface area (Å²) < 4.78 is 0. The molecule has 2 heterocycles. The van der Waals surface area contributed by atoms with Crippen molar-refractivity contribution in [3.8, 4) is 0 Å². The molecule has 6 heteroatoms. The fourth-order valence-electron chi connectivity index (χ4n) is 3.04. The third-order valence-corrected chi connectivity index (χ3v) is 4.21. The van der Waals surface area contributed by atoms with Crippen molar-refractivity contribution in [3.05, 3.63) is 76.7 Å². The molecule has 2 aromatic carbocycles. The van der Waals surface area contributed by atoms with Gasteiger partial charge in [-0.05, 0) is 29.8 Å². The lowest BCUT2D eigenvalue weighted by atomic mass is 10.1. The summed E-state index contributed by atoms with van der Waals surface area (Å²) in [5.41, 5.74) is 2.71. The van der Waals surface area contributed by atoms with E-state index in [4.69, 9.17) is 5.11 Å². The predicted octanol–water partition coefficient (Wildman–Crippen LogP) is 3.45. The summed E-state index contributed by atoms with van der Waals surface area (Å²) >= 11 is 0. The molecule has 0 amide bonds. The molecule has 0 saturated carbocycles. The molecule has 0 aliphatic carbocycles. The van der Waals surface area contributed by atoms with E-state index < -0.39 is 5.97 Å². The fraction of sp³-hybridized carbons (Fsp3) is 0.0500. The SMILES string of the molecule is O=C(O)Cc1ccc(Nc2ccnc3[nH]c(=O)c4ccccc4c23)cc1. The van der Waals surface area contributed by atoms with Gasteiger partial charge >= 0.3 is 5.97 Å². The molecule has 0 radical (unpaired) electrons. The van der Waals surface area contributed by atoms with Gasteiger partial charge in [-0.3, -0.25) is 9.59 Å². The fourth-order valence-corrected chi connectivity index (χ4v) is 3.04. The van der Waals surface area contributed by atoms with E-state index in [1.165, 1.54) is 0 Å². The number of carboxylic acids is 1. The number of benzene rings is 2. The van der Waals surface area contributed by atoms with Gasteiger partial charge in [-0.1, -0.05) is 30.3 Å². The molecule has 0 saturated heterocycles. The van der Waals surface area contributed by atoms with Crippen LogP contribution in [0.2, 0.25) is 0 Å². The molecule has 26 heavy (non-hydrogen) atoms. The van der Waals surface area contributed by atoms with E-state index in [2.05, 4.69) is 15.3 Å². The Balaban J connectivity index is 1.81. The Bertz CT molecular complexity index is 1180. The average molecular weight is 345 g/mol. The smallest absolute Gasteiger partial charge is 0.307 e. The van der Waals surface area contributed by atoms with Crippen LogP contribution >= 0.6 is 0 Å². The van der Waals surface area contributed by atoms with Crippen LogP contribution in [-0.4, -0.2) is 21.0 Å². The quantitative estimate of drug-likeness (QED) is 0.493. The minimum absolute atomic E-state index is 0.00958. The van der Waals surface area contributed by atoms with Crippen molar-refractivity contribution in [2.24, 2.45) is 0 Å². The molecule has 0 fully saturated rings. The summed E-state index contributed by atoms with van der Waals surface area (Å²) in [5, 5.41) is 14.4. The number of aromatic nitrogens is 2. The van der Waals surface area contributed by atoms with Crippen molar-refractivity contribution < 1.29 is 9.90 Å². The zero-order valence-electron chi connectivity index (χ0n) is 13.7. The Morgan fingerprint density at radius 1 is 1.04 bits per heavy atom. The van der Waals surface area contributed by atoms with E-state index in [0.29, 0.717) is 11.0 Å². The van der Waals surface area contributed by atoms with Gasteiger partial charge in [0.1, 0.15) is 5.65 Å². The predicted molar refractivity (Wildman–Crippen MR) is 101 cm³/mol. The summed E-state index contributed by atoms with van der Waals surface area (Å²) in [6, 6.07) is 16.5. The molecule has 2 aromatic heterocycles. The number of anilines is 2. The van der Waals surface area contributed by atoms with E-state index in [1.807, 2.05) is 36.4 Å². The zero-order chi connectivity index (χ0) is 18.1. The van der Waals surface area contributed by atoms with E-state index in [0.717, 1.165) is 27.7 Å². The van der Waals surface area contributed by atoms with Gasteiger partial charge in [0.2, 0.25) is 0 Å². The van der Waals surface area contributed by atoms with Crippen molar-refractivity contribution >= 4 is 39.1 Å². The minimum atomic E-state index is -0.860. The van der Waals surface area contributed by atoms with E-state index in [1.54, 1.807) is 24.4 Å². The second-order valence-electron chi connectivity index (χ2n) is 5.97. The number of carbonyl (C=O) groups is 1. The molecule has 0 unspecified atom stereocenters. The molecular weight excluding hydrogens is 330 g/mol. The first-order chi connectivity index (χ1) is 12.6. The van der Waals surface area contributed by atoms with E-state index in [-0.39, 0.29) is 12.0 Å². The summed E-state index contributed by atoms with van der Waals surface area (Å²) in [6.45, 7) is 0. The second kappa shape index (κ2) is 6.33. The lowest BCUT2D eigenvalue weighted by Crippen LogP contribution is -2.08. The van der Waals surface area contributed by atoms with Gasteiger partial charge in [-0.2, -0.15) is 0 Å². The molecule has 4 rings (SSSR count). The third kappa shape index (κ3) is 2.88. The maximum Gasteiger partial charge on any atom is 0.307 e. The zero-order valence-corrected chi connectivity index (χ0v) is 13.7. The maximum absolute atomic E-state index is 12.2. The minimum Gasteiger partial charge on any atom is -0.481 e. The standard InChI is InChI=1S/C20H15N3O3/c24-17(25)11-12-5-7-13(8-6-12)22-16-9-10-21-19-18(16)14-3-1-2-4-15(14)20(26)23-19/h1-10H,11H2,(H,24,25)(H2,21,22,23,26).